The lowest BCUT2D eigenvalue weighted by atomic mass is 10.1. The molecule has 1 aromatic carbocycles. The van der Waals surface area contributed by atoms with E-state index in [1.165, 1.54) is 6.07 Å². The van der Waals surface area contributed by atoms with Crippen LogP contribution in [0.1, 0.15) is 36.8 Å². The number of carbonyl (C=O) groups is 2. The van der Waals surface area contributed by atoms with E-state index in [0.717, 1.165) is 24.8 Å². The van der Waals surface area contributed by atoms with E-state index in [1.807, 2.05) is 0 Å². The number of urea groups is 1. The van der Waals surface area contributed by atoms with Gasteiger partial charge in [-0.1, -0.05) is 18.6 Å². The molecule has 0 unspecified atom stereocenters. The third kappa shape index (κ3) is 7.29. The molecule has 4 N–H and O–H groups in total. The average molecular weight is 295 g/mol. The highest BCUT2D eigenvalue weighted by Gasteiger charge is 2.03. The lowest BCUT2D eigenvalue weighted by molar-refractivity contribution is -0.121. The van der Waals surface area contributed by atoms with E-state index >= 15 is 0 Å². The number of nitrogens with two attached hydrogens (primary N) is 1. The number of unbranched alkanes of at least 4 members (excludes halogenated alkanes) is 2. The van der Waals surface area contributed by atoms with Crippen molar-refractivity contribution in [2.24, 2.45) is 5.73 Å². The van der Waals surface area contributed by atoms with Crippen molar-refractivity contribution in [2.45, 2.75) is 39.2 Å². The second kappa shape index (κ2) is 8.94. The monoisotopic (exact) mass is 295 g/mol. The summed E-state index contributed by atoms with van der Waals surface area (Å²) in [6.45, 7) is 2.63. The lowest BCUT2D eigenvalue weighted by Crippen LogP contribution is -2.30. The molecule has 0 saturated carbocycles. The molecule has 1 rings (SSSR count). The van der Waals surface area contributed by atoms with Gasteiger partial charge >= 0.3 is 6.03 Å². The number of hydrogen-bond donors (Lipinski definition) is 3. The van der Waals surface area contributed by atoms with Gasteiger partial charge in [-0.15, -0.1) is 0 Å². The van der Waals surface area contributed by atoms with Gasteiger partial charge in [0.25, 0.3) is 0 Å². The summed E-state index contributed by atoms with van der Waals surface area (Å²) in [5, 5.41) is 5.30. The van der Waals surface area contributed by atoms with Gasteiger partial charge in [-0.05, 0) is 37.0 Å². The smallest absolute Gasteiger partial charge is 0.312 e. The van der Waals surface area contributed by atoms with E-state index in [0.29, 0.717) is 25.1 Å². The first kappa shape index (κ1) is 16.9. The van der Waals surface area contributed by atoms with Crippen molar-refractivity contribution in [3.63, 3.8) is 0 Å². The summed E-state index contributed by atoms with van der Waals surface area (Å²) in [4.78, 5) is 22.1. The molecule has 21 heavy (non-hydrogen) atoms. The van der Waals surface area contributed by atoms with Crippen LogP contribution in [0.25, 0.3) is 0 Å². The van der Waals surface area contributed by atoms with Crippen molar-refractivity contribution in [3.8, 4) is 0 Å². The molecule has 0 saturated heterocycles. The molecule has 0 radical (unpaired) electrons. The minimum atomic E-state index is -0.526. The predicted octanol–water partition coefficient (Wildman–Crippen LogP) is 1.98. The average Bonchev–Trinajstić information content (AvgIpc) is 2.43. The molecule has 0 aliphatic carbocycles. The number of carbonyl (C=O) groups excluding carboxylic acids is 2. The van der Waals surface area contributed by atoms with Gasteiger partial charge in [-0.2, -0.15) is 0 Å². The summed E-state index contributed by atoms with van der Waals surface area (Å²) in [5.74, 6) is -0.269. The first-order valence-electron chi connectivity index (χ1n) is 7.04. The van der Waals surface area contributed by atoms with Gasteiger partial charge in [0.2, 0.25) is 5.91 Å². The SMILES string of the molecule is Cc1cc(CNC(=O)CCCCCNC(N)=O)ccc1F. The largest absolute Gasteiger partial charge is 0.352 e. The van der Waals surface area contributed by atoms with Gasteiger partial charge in [-0.3, -0.25) is 4.79 Å². The Morgan fingerprint density at radius 2 is 1.95 bits per heavy atom. The topological polar surface area (TPSA) is 84.2 Å². The number of halogens is 1. The quantitative estimate of drug-likeness (QED) is 0.641. The fraction of sp³-hybridized carbons (Fsp3) is 0.467. The Morgan fingerprint density at radius 3 is 2.62 bits per heavy atom. The van der Waals surface area contributed by atoms with Crippen LogP contribution in [0.5, 0.6) is 0 Å². The first-order chi connectivity index (χ1) is 9.99. The first-order valence-corrected chi connectivity index (χ1v) is 7.04. The molecule has 0 heterocycles. The Labute approximate surface area is 124 Å². The predicted molar refractivity (Wildman–Crippen MR) is 79.0 cm³/mol. The van der Waals surface area contributed by atoms with Gasteiger partial charge in [0, 0.05) is 19.5 Å². The Hall–Kier alpha value is -2.11. The number of amides is 3. The van der Waals surface area contributed by atoms with E-state index in [-0.39, 0.29) is 11.7 Å². The molecule has 6 heteroatoms. The van der Waals surface area contributed by atoms with Crippen molar-refractivity contribution in [1.82, 2.24) is 10.6 Å². The maximum Gasteiger partial charge on any atom is 0.312 e. The standard InChI is InChI=1S/C15H22FN3O2/c1-11-9-12(6-7-13(11)16)10-19-14(20)5-3-2-4-8-18-15(17)21/h6-7,9H,2-5,8,10H2,1H3,(H,19,20)(H3,17,18,21). The fourth-order valence-electron chi connectivity index (χ4n) is 1.90. The van der Waals surface area contributed by atoms with Crippen molar-refractivity contribution < 1.29 is 14.0 Å². The second-order valence-electron chi connectivity index (χ2n) is 4.96. The molecule has 1 aromatic rings. The maximum atomic E-state index is 13.1. The molecule has 3 amide bonds. The zero-order valence-electron chi connectivity index (χ0n) is 12.2. The zero-order chi connectivity index (χ0) is 15.7. The van der Waals surface area contributed by atoms with E-state index in [1.54, 1.807) is 19.1 Å². The Morgan fingerprint density at radius 1 is 1.19 bits per heavy atom. The zero-order valence-corrected chi connectivity index (χ0v) is 12.2. The fourth-order valence-corrected chi connectivity index (χ4v) is 1.90. The Balaban J connectivity index is 2.13. The van der Waals surface area contributed by atoms with Crippen molar-refractivity contribution >= 4 is 11.9 Å². The van der Waals surface area contributed by atoms with Crippen LogP contribution in [0.3, 0.4) is 0 Å². The van der Waals surface area contributed by atoms with Crippen LogP contribution < -0.4 is 16.4 Å². The summed E-state index contributed by atoms with van der Waals surface area (Å²) in [5.41, 5.74) is 6.39. The molecule has 0 aromatic heterocycles. The normalized spacial score (nSPS) is 10.2. The Bertz CT molecular complexity index is 492. The van der Waals surface area contributed by atoms with E-state index < -0.39 is 6.03 Å². The molecule has 0 spiro atoms. The van der Waals surface area contributed by atoms with Crippen LogP contribution in [0.2, 0.25) is 0 Å². The van der Waals surface area contributed by atoms with Gasteiger partial charge in [-0.25, -0.2) is 9.18 Å². The minimum absolute atomic E-state index is 0.0279. The van der Waals surface area contributed by atoms with Crippen molar-refractivity contribution in [2.75, 3.05) is 6.54 Å². The number of primary amides is 1. The van der Waals surface area contributed by atoms with Gasteiger partial charge in [0.1, 0.15) is 5.82 Å². The molecule has 0 aliphatic rings. The Kier molecular flexibility index (Phi) is 7.21. The van der Waals surface area contributed by atoms with Gasteiger partial charge in [0.05, 0.1) is 0 Å². The van der Waals surface area contributed by atoms with Crippen molar-refractivity contribution in [3.05, 3.63) is 35.1 Å². The number of aryl methyl sites for hydroxylation is 1. The number of nitrogens with one attached hydrogen (secondary N) is 2. The van der Waals surface area contributed by atoms with Crippen LogP contribution in [-0.4, -0.2) is 18.5 Å². The van der Waals surface area contributed by atoms with Crippen molar-refractivity contribution in [1.29, 1.82) is 0 Å². The minimum Gasteiger partial charge on any atom is -0.352 e. The maximum absolute atomic E-state index is 13.1. The van der Waals surface area contributed by atoms with Gasteiger partial charge in [0.15, 0.2) is 0 Å². The van der Waals surface area contributed by atoms with Crippen LogP contribution in [0, 0.1) is 12.7 Å². The molecular formula is C15H22FN3O2. The highest BCUT2D eigenvalue weighted by atomic mass is 19.1. The van der Waals surface area contributed by atoms with Crippen LogP contribution in [0.15, 0.2) is 18.2 Å². The molecule has 116 valence electrons. The third-order valence-corrected chi connectivity index (χ3v) is 3.09. The van der Waals surface area contributed by atoms with E-state index in [4.69, 9.17) is 5.73 Å². The molecule has 0 fully saturated rings. The van der Waals surface area contributed by atoms with E-state index in [2.05, 4.69) is 10.6 Å². The number of rotatable bonds is 8. The van der Waals surface area contributed by atoms with Gasteiger partial charge < -0.3 is 16.4 Å². The summed E-state index contributed by atoms with van der Waals surface area (Å²) in [6, 6.07) is 4.27. The number of hydrogen-bond acceptors (Lipinski definition) is 2. The summed E-state index contributed by atoms with van der Waals surface area (Å²) in [7, 11) is 0. The summed E-state index contributed by atoms with van der Waals surface area (Å²) in [6.07, 6.45) is 2.85. The van der Waals surface area contributed by atoms with Crippen LogP contribution >= 0.6 is 0 Å². The molecule has 0 atom stereocenters. The molecule has 0 aliphatic heterocycles. The highest BCUT2D eigenvalue weighted by molar-refractivity contribution is 5.75. The third-order valence-electron chi connectivity index (χ3n) is 3.09. The molecule has 5 nitrogen and oxygen atoms in total. The number of benzene rings is 1. The lowest BCUT2D eigenvalue weighted by Gasteiger charge is -2.07. The molecular weight excluding hydrogens is 273 g/mol. The second-order valence-corrected chi connectivity index (χ2v) is 4.96. The van der Waals surface area contributed by atoms with E-state index in [9.17, 15) is 14.0 Å². The van der Waals surface area contributed by atoms with Crippen LogP contribution in [0.4, 0.5) is 9.18 Å². The summed E-state index contributed by atoms with van der Waals surface area (Å²) < 4.78 is 13.1. The molecule has 0 bridgehead atoms. The van der Waals surface area contributed by atoms with Crippen LogP contribution in [-0.2, 0) is 11.3 Å². The highest BCUT2D eigenvalue weighted by Crippen LogP contribution is 2.09. The summed E-state index contributed by atoms with van der Waals surface area (Å²) >= 11 is 0.